The first-order valence-electron chi connectivity index (χ1n) is 11.3. The third-order valence-corrected chi connectivity index (χ3v) is 5.53. The molecule has 2 atom stereocenters. The van der Waals surface area contributed by atoms with E-state index in [1.165, 1.54) is 0 Å². The highest BCUT2D eigenvalue weighted by Gasteiger charge is 2.48. The van der Waals surface area contributed by atoms with E-state index in [0.29, 0.717) is 11.4 Å². The number of carbonyl (C=O) groups is 4. The molecule has 0 aliphatic carbocycles. The van der Waals surface area contributed by atoms with Gasteiger partial charge in [0.25, 0.3) is 11.8 Å². The van der Waals surface area contributed by atoms with Crippen molar-refractivity contribution in [2.45, 2.75) is 20.3 Å². The fourth-order valence-corrected chi connectivity index (χ4v) is 3.93. The lowest BCUT2D eigenvalue weighted by Gasteiger charge is -2.18. The number of hydrogen-bond donors (Lipinski definition) is 0. The van der Waals surface area contributed by atoms with Gasteiger partial charge in [-0.05, 0) is 44.5 Å². The van der Waals surface area contributed by atoms with Crippen molar-refractivity contribution in [3.05, 3.63) is 60.7 Å². The number of hydrogen-bond acceptors (Lipinski definition) is 8. The van der Waals surface area contributed by atoms with Crippen molar-refractivity contribution >= 4 is 46.6 Å². The van der Waals surface area contributed by atoms with Gasteiger partial charge in [-0.15, -0.1) is 0 Å². The second-order valence-corrected chi connectivity index (χ2v) is 7.72. The summed E-state index contributed by atoms with van der Waals surface area (Å²) < 4.78 is 10.2. The Bertz CT molecular complexity index is 1100. The molecular formula is C25H24N4O6. The molecule has 2 amide bonds. The predicted octanol–water partition coefficient (Wildman–Crippen LogP) is 2.54. The summed E-state index contributed by atoms with van der Waals surface area (Å²) in [6.07, 6.45) is -0.195. The number of anilines is 2. The highest BCUT2D eigenvalue weighted by atomic mass is 16.5. The molecule has 0 saturated carbocycles. The highest BCUT2D eigenvalue weighted by molar-refractivity contribution is 6.46. The van der Waals surface area contributed by atoms with Crippen LogP contribution in [0.5, 0.6) is 0 Å². The summed E-state index contributed by atoms with van der Waals surface area (Å²) in [5, 5.41) is 10.7. The molecule has 35 heavy (non-hydrogen) atoms. The smallest absolute Gasteiger partial charge is 0.355 e. The summed E-state index contributed by atoms with van der Waals surface area (Å²) in [6, 6.07) is 17.2. The van der Waals surface area contributed by atoms with Gasteiger partial charge in [0, 0.05) is 0 Å². The molecule has 2 heterocycles. The van der Waals surface area contributed by atoms with Crippen LogP contribution >= 0.6 is 0 Å². The highest BCUT2D eigenvalue weighted by Crippen LogP contribution is 2.33. The second kappa shape index (κ2) is 10.3. The van der Waals surface area contributed by atoms with Crippen molar-refractivity contribution in [2.75, 3.05) is 23.2 Å². The van der Waals surface area contributed by atoms with E-state index in [9.17, 15) is 19.2 Å². The maximum absolute atomic E-state index is 13.4. The van der Waals surface area contributed by atoms with Crippen LogP contribution in [0.2, 0.25) is 0 Å². The summed E-state index contributed by atoms with van der Waals surface area (Å²) >= 11 is 0. The summed E-state index contributed by atoms with van der Waals surface area (Å²) in [4.78, 5) is 52.2. The maximum Gasteiger partial charge on any atom is 0.355 e. The number of rotatable bonds is 8. The van der Waals surface area contributed by atoms with Gasteiger partial charge in [-0.2, -0.15) is 20.2 Å². The molecule has 0 radical (unpaired) electrons. The van der Waals surface area contributed by atoms with Crippen molar-refractivity contribution in [1.82, 2.24) is 0 Å². The molecule has 0 fully saturated rings. The first-order chi connectivity index (χ1) is 17.0. The summed E-state index contributed by atoms with van der Waals surface area (Å²) in [7, 11) is 0. The van der Waals surface area contributed by atoms with Gasteiger partial charge in [-0.3, -0.25) is 9.59 Å². The van der Waals surface area contributed by atoms with Crippen LogP contribution in [0.25, 0.3) is 0 Å². The monoisotopic (exact) mass is 476 g/mol. The summed E-state index contributed by atoms with van der Waals surface area (Å²) in [5.74, 6) is -4.76. The van der Waals surface area contributed by atoms with Crippen molar-refractivity contribution in [2.24, 2.45) is 22.0 Å². The van der Waals surface area contributed by atoms with Gasteiger partial charge < -0.3 is 9.47 Å². The molecule has 4 rings (SSSR count). The fourth-order valence-electron chi connectivity index (χ4n) is 3.93. The Morgan fingerprint density at radius 1 is 0.714 bits per heavy atom. The third-order valence-electron chi connectivity index (χ3n) is 5.53. The Hall–Kier alpha value is -4.34. The number of carbonyl (C=O) groups excluding carboxylic acids is 4. The van der Waals surface area contributed by atoms with Crippen molar-refractivity contribution < 1.29 is 28.7 Å². The minimum atomic E-state index is -1.11. The lowest BCUT2D eigenvalue weighted by Crippen LogP contribution is -2.38. The molecule has 2 aliphatic heterocycles. The van der Waals surface area contributed by atoms with Crippen LogP contribution in [-0.4, -0.2) is 48.4 Å². The van der Waals surface area contributed by atoms with E-state index in [-0.39, 0.29) is 31.1 Å². The van der Waals surface area contributed by atoms with Crippen LogP contribution in [0, 0.1) is 11.8 Å². The Kier molecular flexibility index (Phi) is 7.00. The van der Waals surface area contributed by atoms with Crippen LogP contribution < -0.4 is 10.0 Å². The van der Waals surface area contributed by atoms with Gasteiger partial charge in [0.2, 0.25) is 0 Å². The number of amides is 2. The van der Waals surface area contributed by atoms with Gasteiger partial charge >= 0.3 is 11.9 Å². The molecule has 0 spiro atoms. The molecule has 0 aromatic heterocycles. The average Bonchev–Trinajstić information content (AvgIpc) is 3.38. The SMILES string of the molecule is CCOC(=O)C1=NN(c2ccccc2)C(=O)[C@H]1C[C@H]1C(=O)N(c2ccccc2)N=C1C(=O)OCC. The number of esters is 2. The second-order valence-electron chi connectivity index (χ2n) is 7.72. The molecule has 0 bridgehead atoms. The Balaban J connectivity index is 1.68. The van der Waals surface area contributed by atoms with Gasteiger partial charge in [0.05, 0.1) is 36.4 Å². The molecule has 10 heteroatoms. The first kappa shape index (κ1) is 23.8. The molecule has 0 saturated heterocycles. The molecule has 0 N–H and O–H groups in total. The topological polar surface area (TPSA) is 118 Å². The van der Waals surface area contributed by atoms with E-state index in [4.69, 9.17) is 9.47 Å². The molecule has 2 aromatic carbocycles. The Morgan fingerprint density at radius 3 is 1.43 bits per heavy atom. The molecule has 0 unspecified atom stereocenters. The van der Waals surface area contributed by atoms with Crippen molar-refractivity contribution in [3.63, 3.8) is 0 Å². The van der Waals surface area contributed by atoms with E-state index >= 15 is 0 Å². The maximum atomic E-state index is 13.4. The zero-order valence-corrected chi connectivity index (χ0v) is 19.3. The van der Waals surface area contributed by atoms with Crippen LogP contribution in [0.4, 0.5) is 11.4 Å². The number of nitrogens with zero attached hydrogens (tertiary/aromatic N) is 4. The molecule has 2 aromatic rings. The first-order valence-corrected chi connectivity index (χ1v) is 11.3. The van der Waals surface area contributed by atoms with E-state index < -0.39 is 35.6 Å². The minimum absolute atomic E-state index is 0.0871. The summed E-state index contributed by atoms with van der Waals surface area (Å²) in [5.41, 5.74) is 0.666. The molecule has 10 nitrogen and oxygen atoms in total. The van der Waals surface area contributed by atoms with E-state index in [1.807, 2.05) is 0 Å². The van der Waals surface area contributed by atoms with Gasteiger partial charge in [0.15, 0.2) is 11.4 Å². The number of benzene rings is 2. The van der Waals surface area contributed by atoms with Crippen molar-refractivity contribution in [1.29, 1.82) is 0 Å². The third kappa shape index (κ3) is 4.68. The normalized spacial score (nSPS) is 19.5. The lowest BCUT2D eigenvalue weighted by atomic mass is 9.87. The largest absolute Gasteiger partial charge is 0.461 e. The van der Waals surface area contributed by atoms with Gasteiger partial charge in [-0.25, -0.2) is 9.59 Å². The van der Waals surface area contributed by atoms with E-state index in [1.54, 1.807) is 74.5 Å². The van der Waals surface area contributed by atoms with Gasteiger partial charge in [0.1, 0.15) is 0 Å². The number of para-hydroxylation sites is 2. The van der Waals surface area contributed by atoms with Gasteiger partial charge in [-0.1, -0.05) is 36.4 Å². The molecular weight excluding hydrogens is 452 g/mol. The zero-order chi connectivity index (χ0) is 24.9. The average molecular weight is 476 g/mol. The lowest BCUT2D eigenvalue weighted by molar-refractivity contribution is -0.136. The number of ether oxygens (including phenoxy) is 2. The van der Waals surface area contributed by atoms with Crippen LogP contribution in [0.3, 0.4) is 0 Å². The molecule has 180 valence electrons. The van der Waals surface area contributed by atoms with E-state index in [2.05, 4.69) is 10.2 Å². The number of hydrazone groups is 2. The quantitative estimate of drug-likeness (QED) is 0.541. The van der Waals surface area contributed by atoms with Crippen LogP contribution in [0.15, 0.2) is 70.9 Å². The fraction of sp³-hybridized carbons (Fsp3) is 0.280. The minimum Gasteiger partial charge on any atom is -0.461 e. The Labute approximate surface area is 201 Å². The Morgan fingerprint density at radius 2 is 1.09 bits per heavy atom. The van der Waals surface area contributed by atoms with Crippen LogP contribution in [0.1, 0.15) is 20.3 Å². The summed E-state index contributed by atoms with van der Waals surface area (Å²) in [6.45, 7) is 3.46. The van der Waals surface area contributed by atoms with Crippen LogP contribution in [-0.2, 0) is 28.7 Å². The zero-order valence-electron chi connectivity index (χ0n) is 19.3. The standard InChI is InChI=1S/C25H24N4O6/c1-3-34-24(32)20-18(22(30)28(26-20)16-11-7-5-8-12-16)15-19-21(25(33)35-4-2)27-29(23(19)31)17-13-9-6-10-14-17/h5-14,18-19H,3-4,15H2,1-2H3/t18-,19+. The van der Waals surface area contributed by atoms with Crippen molar-refractivity contribution in [3.8, 4) is 0 Å². The predicted molar refractivity (Wildman–Crippen MR) is 128 cm³/mol. The molecule has 2 aliphatic rings. The van der Waals surface area contributed by atoms with E-state index in [0.717, 1.165) is 10.0 Å².